The molecule has 0 bridgehead atoms. The van der Waals surface area contributed by atoms with Crippen LogP contribution in [-0.2, 0) is 26.8 Å². The van der Waals surface area contributed by atoms with Crippen LogP contribution in [0.3, 0.4) is 0 Å². The Kier molecular flexibility index (Phi) is 10.6. The van der Waals surface area contributed by atoms with Gasteiger partial charge in [-0.1, -0.05) is 75.2 Å². The van der Waals surface area contributed by atoms with Crippen LogP contribution in [0.4, 0.5) is 5.69 Å². The van der Waals surface area contributed by atoms with Gasteiger partial charge in [0.1, 0.15) is 0 Å². The molecule has 0 saturated carbocycles. The highest BCUT2D eigenvalue weighted by Crippen LogP contribution is 2.53. The Morgan fingerprint density at radius 1 is 0.906 bits per heavy atom. The summed E-state index contributed by atoms with van der Waals surface area (Å²) in [4.78, 5) is 0. The van der Waals surface area contributed by atoms with E-state index in [2.05, 4.69) is 31.9 Å². The van der Waals surface area contributed by atoms with Gasteiger partial charge >= 0.3 is 21.9 Å². The molecule has 1 aromatic heterocycles. The minimum absolute atomic E-state index is 0.170. The molecule has 1 saturated heterocycles. The third kappa shape index (κ3) is 7.81. The quantitative estimate of drug-likeness (QED) is 0.0601. The lowest BCUT2D eigenvalue weighted by Gasteiger charge is -2.32. The van der Waals surface area contributed by atoms with Crippen molar-refractivity contribution in [2.24, 2.45) is 0 Å². The number of rotatable bonds is 11. The predicted octanol–water partition coefficient (Wildman–Crippen LogP) is 8.95. The summed E-state index contributed by atoms with van der Waals surface area (Å²) in [5.74, 6) is 0.957. The van der Waals surface area contributed by atoms with E-state index >= 15 is 0 Å². The zero-order valence-corrected chi connectivity index (χ0v) is 33.5. The van der Waals surface area contributed by atoms with E-state index in [1.54, 1.807) is 0 Å². The summed E-state index contributed by atoms with van der Waals surface area (Å²) in [5.41, 5.74) is 6.68. The fraction of sp³-hybridized carbons (Fsp3) is 0.256. The van der Waals surface area contributed by atoms with Crippen molar-refractivity contribution >= 4 is 75.0 Å². The second kappa shape index (κ2) is 14.9. The minimum atomic E-state index is -4.50. The van der Waals surface area contributed by atoms with E-state index in [4.69, 9.17) is 9.15 Å². The normalized spacial score (nSPS) is 19.7. The largest absolute Gasteiger partial charge is 0.748 e. The van der Waals surface area contributed by atoms with Gasteiger partial charge < -0.3 is 13.7 Å². The molecule has 0 radical (unpaired) electrons. The highest BCUT2D eigenvalue weighted by Gasteiger charge is 2.59. The summed E-state index contributed by atoms with van der Waals surface area (Å²) in [5, 5.41) is -1.15. The molecule has 2 aliphatic heterocycles. The number of hydrogen-bond acceptors (Lipinski definition) is 7. The van der Waals surface area contributed by atoms with E-state index in [0.717, 1.165) is 42.3 Å². The fourth-order valence-electron chi connectivity index (χ4n) is 7.35. The zero-order valence-electron chi connectivity index (χ0n) is 28.7. The van der Waals surface area contributed by atoms with Gasteiger partial charge in [0, 0.05) is 52.2 Å². The van der Waals surface area contributed by atoms with Crippen molar-refractivity contribution in [3.63, 3.8) is 0 Å². The average Bonchev–Trinajstić information content (AvgIpc) is 3.80. The first-order chi connectivity index (χ1) is 25.2. The Labute approximate surface area is 325 Å². The van der Waals surface area contributed by atoms with Crippen molar-refractivity contribution in [3.05, 3.63) is 117 Å². The Hall–Kier alpha value is -3.63. The first-order valence-corrected chi connectivity index (χ1v) is 21.9. The highest BCUT2D eigenvalue weighted by molar-refractivity contribution is 9.10. The zero-order chi connectivity index (χ0) is 37.5. The number of ether oxygens (including phenoxy) is 1. The second-order valence-corrected chi connectivity index (χ2v) is 18.2. The number of fused-ring (bicyclic) bond motifs is 3. The number of nitrogens with zero attached hydrogens (tertiary/aromatic N) is 2. The van der Waals surface area contributed by atoms with Crippen molar-refractivity contribution in [1.29, 1.82) is 0 Å². The number of aryl methyl sites for hydroxylation is 1. The molecular formula is C39H37Br2N2O8S2+. The summed E-state index contributed by atoms with van der Waals surface area (Å²) in [6.45, 7) is 2.77. The molecule has 3 heterocycles. The maximum absolute atomic E-state index is 13.0. The van der Waals surface area contributed by atoms with Gasteiger partial charge in [0.15, 0.2) is 18.0 Å². The third-order valence-electron chi connectivity index (χ3n) is 9.93. The van der Waals surface area contributed by atoms with Crippen molar-refractivity contribution in [2.45, 2.75) is 50.9 Å². The summed E-state index contributed by atoms with van der Waals surface area (Å²) >= 11 is 6.98. The lowest BCUT2D eigenvalue weighted by atomic mass is 10.0. The summed E-state index contributed by atoms with van der Waals surface area (Å²) in [7, 11) is -8.85. The van der Waals surface area contributed by atoms with Crippen LogP contribution >= 0.6 is 31.9 Å². The Morgan fingerprint density at radius 3 is 2.15 bits per heavy atom. The summed E-state index contributed by atoms with van der Waals surface area (Å²) in [6.07, 6.45) is 5.68. The molecule has 276 valence electrons. The topological polar surface area (TPSA) is 138 Å². The first kappa shape index (κ1) is 37.7. The monoisotopic (exact) mass is 883 g/mol. The number of halogens is 2. The number of quaternary nitrogens is 1. The number of aromatic nitrogens is 1. The SMILES string of the molecule is CCC(=Cc1oc2ccc(-c3ccc(Br)cc3)cc2[n+]1CCCCS(=O)(=O)[O-])C=C1Oc2ccc(-c3ccc(Br)cc3)cc2[N+]12CCCC2S(=O)(=O)O. The average molecular weight is 886 g/mol. The molecule has 1 N–H and O–H groups in total. The molecule has 1 fully saturated rings. The van der Waals surface area contributed by atoms with Gasteiger partial charge in [0.05, 0.1) is 22.7 Å². The van der Waals surface area contributed by atoms with E-state index < -0.39 is 31.4 Å². The van der Waals surface area contributed by atoms with Gasteiger partial charge in [-0.2, -0.15) is 13.0 Å². The van der Waals surface area contributed by atoms with Crippen molar-refractivity contribution in [2.75, 3.05) is 12.3 Å². The Morgan fingerprint density at radius 2 is 1.53 bits per heavy atom. The van der Waals surface area contributed by atoms with Crippen LogP contribution in [0.25, 0.3) is 39.4 Å². The van der Waals surface area contributed by atoms with Gasteiger partial charge in [-0.05, 0) is 77.1 Å². The molecule has 4 aromatic carbocycles. The molecule has 0 amide bonds. The van der Waals surface area contributed by atoms with Crippen LogP contribution in [0, 0.1) is 0 Å². The molecule has 7 rings (SSSR count). The molecule has 2 atom stereocenters. The molecule has 14 heteroatoms. The van der Waals surface area contributed by atoms with Gasteiger partial charge in [-0.3, -0.25) is 4.55 Å². The fourth-order valence-corrected chi connectivity index (χ4v) is 9.68. The van der Waals surface area contributed by atoms with Gasteiger partial charge in [0.2, 0.25) is 11.0 Å². The maximum Gasteiger partial charge on any atom is 0.374 e. The van der Waals surface area contributed by atoms with Gasteiger partial charge in [-0.15, -0.1) is 0 Å². The minimum Gasteiger partial charge on any atom is -0.748 e. The maximum atomic E-state index is 13.0. The van der Waals surface area contributed by atoms with Gasteiger partial charge in [-0.25, -0.2) is 12.9 Å². The number of benzene rings is 4. The molecule has 0 aliphatic carbocycles. The predicted molar refractivity (Wildman–Crippen MR) is 211 cm³/mol. The van der Waals surface area contributed by atoms with Crippen LogP contribution < -0.4 is 13.8 Å². The van der Waals surface area contributed by atoms with E-state index in [1.165, 1.54) is 0 Å². The van der Waals surface area contributed by atoms with Crippen molar-refractivity contribution in [3.8, 4) is 28.0 Å². The van der Waals surface area contributed by atoms with Crippen LogP contribution in [0.5, 0.6) is 5.75 Å². The number of unbranched alkanes of at least 4 members (excludes halogenated alkanes) is 1. The summed E-state index contributed by atoms with van der Waals surface area (Å²) < 4.78 is 87.3. The Balaban J connectivity index is 1.33. The van der Waals surface area contributed by atoms with Crippen molar-refractivity contribution < 1.29 is 39.7 Å². The molecular weight excluding hydrogens is 848 g/mol. The smallest absolute Gasteiger partial charge is 0.374 e. The standard InChI is InChI=1S/C39H36Br2N2O8S2/c1-2-26(22-37-42(19-3-4-21-52(44,45)46)33-24-29(11-17-35(33)50-37)27-7-13-31(40)14-8-27)23-38-43(20-5-6-39(43)53(47,48)49)34-25-30(12-18-36(34)51-38)28-9-15-32(41)16-10-28/h7-18,22-25,39H,2-6,19-21H2,1H3/p+1. The molecule has 2 unspecified atom stereocenters. The molecule has 1 spiro atoms. The van der Waals surface area contributed by atoms with E-state index in [9.17, 15) is 25.9 Å². The van der Waals surface area contributed by atoms with E-state index in [0.29, 0.717) is 61.1 Å². The van der Waals surface area contributed by atoms with E-state index in [1.807, 2.05) is 109 Å². The summed E-state index contributed by atoms with van der Waals surface area (Å²) in [6, 6.07) is 27.4. The van der Waals surface area contributed by atoms with E-state index in [-0.39, 0.29) is 17.3 Å². The molecule has 5 aromatic rings. The van der Waals surface area contributed by atoms with Crippen LogP contribution in [0.15, 0.2) is 116 Å². The number of oxazole rings is 1. The molecule has 10 nitrogen and oxygen atoms in total. The van der Waals surface area contributed by atoms with Crippen molar-refractivity contribution in [1.82, 2.24) is 4.48 Å². The molecule has 2 aliphatic rings. The van der Waals surface area contributed by atoms with Crippen LogP contribution in [0.2, 0.25) is 0 Å². The third-order valence-corrected chi connectivity index (χ3v) is 13.1. The van der Waals surface area contributed by atoms with Crippen LogP contribution in [0.1, 0.15) is 44.9 Å². The van der Waals surface area contributed by atoms with Crippen LogP contribution in [-0.4, -0.2) is 43.6 Å². The molecule has 53 heavy (non-hydrogen) atoms. The highest BCUT2D eigenvalue weighted by atomic mass is 79.9. The number of allylic oxidation sites excluding steroid dienone is 2. The lowest BCUT2D eigenvalue weighted by Crippen LogP contribution is -2.54. The second-order valence-electron chi connectivity index (χ2n) is 13.3. The van der Waals surface area contributed by atoms with Gasteiger partial charge in [0.25, 0.3) is 5.52 Å². The Bertz CT molecular complexity index is 2480. The first-order valence-electron chi connectivity index (χ1n) is 17.3. The number of hydrogen-bond donors (Lipinski definition) is 1. The lowest BCUT2D eigenvalue weighted by molar-refractivity contribution is -0.678.